The van der Waals surface area contributed by atoms with E-state index < -0.39 is 0 Å². The summed E-state index contributed by atoms with van der Waals surface area (Å²) in [6.07, 6.45) is 2.08. The Morgan fingerprint density at radius 2 is 2.06 bits per heavy atom. The largest absolute Gasteiger partial charge is 0.352 e. The molecule has 1 fully saturated rings. The zero-order chi connectivity index (χ0) is 12.8. The van der Waals surface area contributed by atoms with Crippen molar-refractivity contribution in [1.29, 1.82) is 0 Å². The van der Waals surface area contributed by atoms with Crippen LogP contribution in [0.5, 0.6) is 0 Å². The first-order valence-electron chi connectivity index (χ1n) is 6.86. The third-order valence-corrected chi connectivity index (χ3v) is 3.59. The van der Waals surface area contributed by atoms with Crippen LogP contribution in [-0.2, 0) is 4.79 Å². The number of carbonyl (C=O) groups excluding carboxylic acids is 1. The lowest BCUT2D eigenvalue weighted by Gasteiger charge is -2.41. The third-order valence-electron chi connectivity index (χ3n) is 3.59. The van der Waals surface area contributed by atoms with E-state index >= 15 is 0 Å². The first kappa shape index (κ1) is 14.5. The predicted octanol–water partition coefficient (Wildman–Crippen LogP) is 0.973. The second kappa shape index (κ2) is 6.97. The van der Waals surface area contributed by atoms with Crippen molar-refractivity contribution < 1.29 is 4.79 Å². The molecule has 0 spiro atoms. The van der Waals surface area contributed by atoms with Gasteiger partial charge in [0, 0.05) is 25.2 Å². The van der Waals surface area contributed by atoms with Crippen LogP contribution in [0.3, 0.4) is 0 Å². The van der Waals surface area contributed by atoms with Crippen molar-refractivity contribution in [2.45, 2.75) is 58.7 Å². The highest BCUT2D eigenvalue weighted by Gasteiger charge is 2.31. The fourth-order valence-electron chi connectivity index (χ4n) is 2.07. The number of hydrogen-bond donors (Lipinski definition) is 2. The quantitative estimate of drug-likeness (QED) is 0.698. The minimum absolute atomic E-state index is 0.0175. The van der Waals surface area contributed by atoms with Crippen LogP contribution in [0.4, 0.5) is 0 Å². The summed E-state index contributed by atoms with van der Waals surface area (Å²) >= 11 is 0. The molecule has 2 atom stereocenters. The molecule has 0 aromatic rings. The lowest BCUT2D eigenvalue weighted by atomic mass is 10.1. The van der Waals surface area contributed by atoms with Gasteiger partial charge in [-0.3, -0.25) is 9.69 Å². The maximum atomic E-state index is 12.1. The smallest absolute Gasteiger partial charge is 0.237 e. The summed E-state index contributed by atoms with van der Waals surface area (Å²) in [6, 6.07) is 0.789. The van der Waals surface area contributed by atoms with Crippen LogP contribution in [-0.4, -0.2) is 48.6 Å². The molecular formula is C13H27N3O. The van der Waals surface area contributed by atoms with Crippen molar-refractivity contribution in [2.75, 3.05) is 19.6 Å². The summed E-state index contributed by atoms with van der Waals surface area (Å²) in [5.41, 5.74) is 0. The van der Waals surface area contributed by atoms with Crippen molar-refractivity contribution in [3.63, 3.8) is 0 Å². The van der Waals surface area contributed by atoms with Gasteiger partial charge in [0.25, 0.3) is 0 Å². The molecule has 0 radical (unpaired) electrons. The van der Waals surface area contributed by atoms with Crippen molar-refractivity contribution in [3.8, 4) is 0 Å². The van der Waals surface area contributed by atoms with E-state index in [-0.39, 0.29) is 18.0 Å². The van der Waals surface area contributed by atoms with E-state index in [1.54, 1.807) is 0 Å². The topological polar surface area (TPSA) is 44.4 Å². The summed E-state index contributed by atoms with van der Waals surface area (Å²) in [5.74, 6) is 0.166. The minimum Gasteiger partial charge on any atom is -0.352 e. The lowest BCUT2D eigenvalue weighted by Crippen LogP contribution is -2.62. The van der Waals surface area contributed by atoms with Gasteiger partial charge in [0.1, 0.15) is 0 Å². The van der Waals surface area contributed by atoms with Crippen molar-refractivity contribution in [3.05, 3.63) is 0 Å². The average Bonchev–Trinajstić information content (AvgIpc) is 2.24. The van der Waals surface area contributed by atoms with E-state index in [2.05, 4.69) is 36.3 Å². The van der Waals surface area contributed by atoms with Crippen LogP contribution in [0.15, 0.2) is 0 Å². The minimum atomic E-state index is -0.0175. The van der Waals surface area contributed by atoms with Crippen molar-refractivity contribution >= 4 is 5.91 Å². The highest BCUT2D eigenvalue weighted by atomic mass is 16.2. The van der Waals surface area contributed by atoms with Gasteiger partial charge in [-0.15, -0.1) is 0 Å². The molecule has 1 saturated heterocycles. The molecule has 1 rings (SSSR count). The van der Waals surface area contributed by atoms with Gasteiger partial charge in [-0.05, 0) is 33.2 Å². The fraction of sp³-hybridized carbons (Fsp3) is 0.923. The SMILES string of the molecule is CCCN(C1CNC1)C(C)C(=O)NC(C)CC. The average molecular weight is 241 g/mol. The van der Waals surface area contributed by atoms with Gasteiger partial charge in [-0.2, -0.15) is 0 Å². The zero-order valence-electron chi connectivity index (χ0n) is 11.6. The Kier molecular flexibility index (Phi) is 5.92. The third kappa shape index (κ3) is 3.96. The van der Waals surface area contributed by atoms with Crippen LogP contribution in [0.2, 0.25) is 0 Å². The first-order valence-corrected chi connectivity index (χ1v) is 6.86. The van der Waals surface area contributed by atoms with E-state index in [9.17, 15) is 4.79 Å². The fourth-order valence-corrected chi connectivity index (χ4v) is 2.07. The molecule has 0 aromatic carbocycles. The van der Waals surface area contributed by atoms with Gasteiger partial charge in [0.2, 0.25) is 5.91 Å². The molecule has 1 aliphatic rings. The lowest BCUT2D eigenvalue weighted by molar-refractivity contribution is -0.127. The molecule has 4 heteroatoms. The molecule has 4 nitrogen and oxygen atoms in total. The van der Waals surface area contributed by atoms with Gasteiger partial charge in [-0.25, -0.2) is 0 Å². The van der Waals surface area contributed by atoms with E-state index in [0.29, 0.717) is 6.04 Å². The molecule has 1 aliphatic heterocycles. The number of amides is 1. The van der Waals surface area contributed by atoms with Crippen LogP contribution < -0.4 is 10.6 Å². The molecule has 1 heterocycles. The van der Waals surface area contributed by atoms with E-state index in [1.807, 2.05) is 6.92 Å². The Morgan fingerprint density at radius 3 is 2.47 bits per heavy atom. The van der Waals surface area contributed by atoms with Crippen LogP contribution in [0.1, 0.15) is 40.5 Å². The van der Waals surface area contributed by atoms with Crippen LogP contribution in [0.25, 0.3) is 0 Å². The van der Waals surface area contributed by atoms with Crippen LogP contribution in [0, 0.1) is 0 Å². The zero-order valence-corrected chi connectivity index (χ0v) is 11.6. The monoisotopic (exact) mass is 241 g/mol. The maximum absolute atomic E-state index is 12.1. The van der Waals surface area contributed by atoms with Gasteiger partial charge >= 0.3 is 0 Å². The summed E-state index contributed by atoms with van der Waals surface area (Å²) in [5, 5.41) is 6.34. The Hall–Kier alpha value is -0.610. The first-order chi connectivity index (χ1) is 8.10. The molecular weight excluding hydrogens is 214 g/mol. The van der Waals surface area contributed by atoms with Crippen molar-refractivity contribution in [2.24, 2.45) is 0 Å². The molecule has 0 aliphatic carbocycles. The molecule has 2 N–H and O–H groups in total. The molecule has 0 saturated carbocycles. The van der Waals surface area contributed by atoms with Gasteiger partial charge < -0.3 is 10.6 Å². The van der Waals surface area contributed by atoms with Gasteiger partial charge in [0.05, 0.1) is 6.04 Å². The highest BCUT2D eigenvalue weighted by Crippen LogP contribution is 2.11. The molecule has 0 bridgehead atoms. The highest BCUT2D eigenvalue weighted by molar-refractivity contribution is 5.81. The normalized spacial score (nSPS) is 19.8. The summed E-state index contributed by atoms with van der Waals surface area (Å²) in [7, 11) is 0. The van der Waals surface area contributed by atoms with Crippen LogP contribution >= 0.6 is 0 Å². The standard InChI is InChI=1S/C13H27N3O/c1-5-7-16(12-8-14-9-12)11(4)13(17)15-10(3)6-2/h10-12,14H,5-9H2,1-4H3,(H,15,17). The van der Waals surface area contributed by atoms with Crippen molar-refractivity contribution in [1.82, 2.24) is 15.5 Å². The number of carbonyl (C=O) groups is 1. The Morgan fingerprint density at radius 1 is 1.41 bits per heavy atom. The van der Waals surface area contributed by atoms with E-state index in [0.717, 1.165) is 32.5 Å². The second-order valence-electron chi connectivity index (χ2n) is 5.04. The maximum Gasteiger partial charge on any atom is 0.237 e. The van der Waals surface area contributed by atoms with Gasteiger partial charge in [0.15, 0.2) is 0 Å². The summed E-state index contributed by atoms with van der Waals surface area (Å²) < 4.78 is 0. The van der Waals surface area contributed by atoms with E-state index in [4.69, 9.17) is 0 Å². The number of nitrogens with zero attached hydrogens (tertiary/aromatic N) is 1. The number of rotatable bonds is 7. The Bertz CT molecular complexity index is 241. The van der Waals surface area contributed by atoms with Gasteiger partial charge in [-0.1, -0.05) is 13.8 Å². The predicted molar refractivity (Wildman–Crippen MR) is 71.0 cm³/mol. The molecule has 100 valence electrons. The summed E-state index contributed by atoms with van der Waals surface area (Å²) in [6.45, 7) is 11.4. The molecule has 1 amide bonds. The van der Waals surface area contributed by atoms with E-state index in [1.165, 1.54) is 0 Å². The molecule has 17 heavy (non-hydrogen) atoms. The second-order valence-corrected chi connectivity index (χ2v) is 5.04. The molecule has 2 unspecified atom stereocenters. The molecule has 0 aromatic heterocycles. The number of hydrogen-bond acceptors (Lipinski definition) is 3. The Balaban J connectivity index is 2.50. The Labute approximate surface area is 105 Å². The number of nitrogens with one attached hydrogen (secondary N) is 2. The summed E-state index contributed by atoms with van der Waals surface area (Å²) in [4.78, 5) is 14.4.